The van der Waals surface area contributed by atoms with Crippen LogP contribution in [0.1, 0.15) is 5.56 Å². The topological polar surface area (TPSA) is 4.93 Å². The second-order valence-corrected chi connectivity index (χ2v) is 2.50. The summed E-state index contributed by atoms with van der Waals surface area (Å²) in [7, 11) is 2.01. The molecule has 0 aliphatic heterocycles. The average Bonchev–Trinajstić information content (AvgIpc) is 2.17. The largest absolute Gasteiger partial charge is 0.357 e. The van der Waals surface area contributed by atoms with E-state index >= 15 is 0 Å². The molecule has 1 heterocycles. The SMILES string of the molecule is Cn1ccc(CCCl)c1. The molecular weight excluding hydrogens is 134 g/mol. The van der Waals surface area contributed by atoms with Gasteiger partial charge in [0.25, 0.3) is 0 Å². The summed E-state index contributed by atoms with van der Waals surface area (Å²) in [6.07, 6.45) is 5.09. The monoisotopic (exact) mass is 143 g/mol. The van der Waals surface area contributed by atoms with E-state index in [2.05, 4.69) is 12.3 Å². The molecular formula is C7H10ClN. The fourth-order valence-corrected chi connectivity index (χ4v) is 1.04. The lowest BCUT2D eigenvalue weighted by Gasteiger charge is -1.87. The first-order chi connectivity index (χ1) is 4.33. The molecule has 0 bridgehead atoms. The molecule has 1 nitrogen and oxygen atoms in total. The highest BCUT2D eigenvalue weighted by molar-refractivity contribution is 6.17. The molecule has 9 heavy (non-hydrogen) atoms. The molecule has 0 fully saturated rings. The van der Waals surface area contributed by atoms with Crippen LogP contribution >= 0.6 is 11.6 Å². The van der Waals surface area contributed by atoms with E-state index in [9.17, 15) is 0 Å². The molecule has 1 rings (SSSR count). The summed E-state index contributed by atoms with van der Waals surface area (Å²) in [4.78, 5) is 0. The third-order valence-corrected chi connectivity index (χ3v) is 1.47. The van der Waals surface area contributed by atoms with Crippen LogP contribution in [-0.2, 0) is 13.5 Å². The summed E-state index contributed by atoms with van der Waals surface area (Å²) < 4.78 is 2.03. The van der Waals surface area contributed by atoms with E-state index in [-0.39, 0.29) is 0 Å². The number of rotatable bonds is 2. The minimum atomic E-state index is 0.712. The zero-order valence-electron chi connectivity index (χ0n) is 5.47. The molecule has 0 radical (unpaired) electrons. The van der Waals surface area contributed by atoms with Gasteiger partial charge in [-0.2, -0.15) is 0 Å². The maximum absolute atomic E-state index is 5.54. The molecule has 2 heteroatoms. The maximum atomic E-state index is 5.54. The first-order valence-electron chi connectivity index (χ1n) is 3.00. The van der Waals surface area contributed by atoms with Crippen molar-refractivity contribution in [1.29, 1.82) is 0 Å². The van der Waals surface area contributed by atoms with Gasteiger partial charge < -0.3 is 4.57 Å². The molecule has 0 aliphatic carbocycles. The zero-order chi connectivity index (χ0) is 6.69. The predicted octanol–water partition coefficient (Wildman–Crippen LogP) is 1.81. The van der Waals surface area contributed by atoms with E-state index in [1.807, 2.05) is 17.8 Å². The van der Waals surface area contributed by atoms with Crippen LogP contribution in [0.4, 0.5) is 0 Å². The number of halogens is 1. The predicted molar refractivity (Wildman–Crippen MR) is 39.8 cm³/mol. The van der Waals surface area contributed by atoms with E-state index in [0.717, 1.165) is 6.42 Å². The van der Waals surface area contributed by atoms with Gasteiger partial charge in [0.05, 0.1) is 0 Å². The van der Waals surface area contributed by atoms with Gasteiger partial charge in [-0.3, -0.25) is 0 Å². The normalized spacial score (nSPS) is 10.0. The van der Waals surface area contributed by atoms with Crippen molar-refractivity contribution in [3.63, 3.8) is 0 Å². The molecule has 0 N–H and O–H groups in total. The van der Waals surface area contributed by atoms with Gasteiger partial charge >= 0.3 is 0 Å². The smallest absolute Gasteiger partial charge is 0.0264 e. The maximum Gasteiger partial charge on any atom is 0.0264 e. The highest BCUT2D eigenvalue weighted by atomic mass is 35.5. The molecule has 1 aromatic rings. The van der Waals surface area contributed by atoms with Crippen molar-refractivity contribution in [2.45, 2.75) is 6.42 Å². The minimum Gasteiger partial charge on any atom is -0.357 e. The Morgan fingerprint density at radius 1 is 1.67 bits per heavy atom. The minimum absolute atomic E-state index is 0.712. The van der Waals surface area contributed by atoms with E-state index in [0.29, 0.717) is 5.88 Å². The van der Waals surface area contributed by atoms with Gasteiger partial charge in [0, 0.05) is 25.3 Å². The fourth-order valence-electron chi connectivity index (χ4n) is 0.818. The van der Waals surface area contributed by atoms with Crippen LogP contribution in [0.2, 0.25) is 0 Å². The molecule has 50 valence electrons. The van der Waals surface area contributed by atoms with Gasteiger partial charge in [-0.15, -0.1) is 11.6 Å². The Morgan fingerprint density at radius 3 is 2.89 bits per heavy atom. The van der Waals surface area contributed by atoms with Gasteiger partial charge in [0.2, 0.25) is 0 Å². The second kappa shape index (κ2) is 2.92. The Bertz CT molecular complexity index is 181. The molecule has 0 saturated heterocycles. The van der Waals surface area contributed by atoms with Crippen molar-refractivity contribution in [2.24, 2.45) is 7.05 Å². The first-order valence-corrected chi connectivity index (χ1v) is 3.53. The molecule has 0 aliphatic rings. The molecule has 0 unspecified atom stereocenters. The van der Waals surface area contributed by atoms with Crippen LogP contribution in [0, 0.1) is 0 Å². The second-order valence-electron chi connectivity index (χ2n) is 2.12. The van der Waals surface area contributed by atoms with E-state index in [1.54, 1.807) is 0 Å². The number of aryl methyl sites for hydroxylation is 2. The van der Waals surface area contributed by atoms with Gasteiger partial charge in [0.1, 0.15) is 0 Å². The molecule has 0 atom stereocenters. The van der Waals surface area contributed by atoms with E-state index in [1.165, 1.54) is 5.56 Å². The Hall–Kier alpha value is -0.430. The van der Waals surface area contributed by atoms with Crippen LogP contribution in [-0.4, -0.2) is 10.4 Å². The highest BCUT2D eigenvalue weighted by Gasteiger charge is 1.90. The van der Waals surface area contributed by atoms with E-state index < -0.39 is 0 Å². The van der Waals surface area contributed by atoms with Crippen molar-refractivity contribution in [3.05, 3.63) is 24.0 Å². The van der Waals surface area contributed by atoms with E-state index in [4.69, 9.17) is 11.6 Å². The lowest BCUT2D eigenvalue weighted by atomic mass is 10.3. The fraction of sp³-hybridized carbons (Fsp3) is 0.429. The van der Waals surface area contributed by atoms with Crippen LogP contribution in [0.25, 0.3) is 0 Å². The summed E-state index contributed by atoms with van der Waals surface area (Å²) in [5.74, 6) is 0.712. The molecule has 0 aromatic carbocycles. The van der Waals surface area contributed by atoms with Crippen molar-refractivity contribution < 1.29 is 0 Å². The standard InChI is InChI=1S/C7H10ClN/c1-9-5-3-7(6-9)2-4-8/h3,5-6H,2,4H2,1H3. The van der Waals surface area contributed by atoms with Gasteiger partial charge in [0.15, 0.2) is 0 Å². The summed E-state index contributed by atoms with van der Waals surface area (Å²) in [6, 6.07) is 2.09. The number of hydrogen-bond acceptors (Lipinski definition) is 0. The summed E-state index contributed by atoms with van der Waals surface area (Å²) in [5.41, 5.74) is 1.31. The van der Waals surface area contributed by atoms with Crippen molar-refractivity contribution in [2.75, 3.05) is 5.88 Å². The van der Waals surface area contributed by atoms with Crippen molar-refractivity contribution >= 4 is 11.6 Å². The van der Waals surface area contributed by atoms with Crippen molar-refractivity contribution in [1.82, 2.24) is 4.57 Å². The van der Waals surface area contributed by atoms with Crippen LogP contribution in [0.5, 0.6) is 0 Å². The first kappa shape index (κ1) is 6.69. The Balaban J connectivity index is 2.61. The molecule has 1 aromatic heterocycles. The Morgan fingerprint density at radius 2 is 2.44 bits per heavy atom. The summed E-state index contributed by atoms with van der Waals surface area (Å²) >= 11 is 5.54. The van der Waals surface area contributed by atoms with Gasteiger partial charge in [-0.1, -0.05) is 0 Å². The zero-order valence-corrected chi connectivity index (χ0v) is 6.23. The molecule has 0 amide bonds. The lowest BCUT2D eigenvalue weighted by molar-refractivity contribution is 0.920. The summed E-state index contributed by atoms with van der Waals surface area (Å²) in [5, 5.41) is 0. The highest BCUT2D eigenvalue weighted by Crippen LogP contribution is 2.00. The molecule has 0 spiro atoms. The van der Waals surface area contributed by atoms with Crippen LogP contribution < -0.4 is 0 Å². The number of alkyl halides is 1. The van der Waals surface area contributed by atoms with Crippen molar-refractivity contribution in [3.8, 4) is 0 Å². The van der Waals surface area contributed by atoms with Crippen LogP contribution in [0.15, 0.2) is 18.5 Å². The van der Waals surface area contributed by atoms with Gasteiger partial charge in [-0.05, 0) is 18.1 Å². The quantitative estimate of drug-likeness (QED) is 0.557. The van der Waals surface area contributed by atoms with Gasteiger partial charge in [-0.25, -0.2) is 0 Å². The van der Waals surface area contributed by atoms with Crippen LogP contribution in [0.3, 0.4) is 0 Å². The Kier molecular flexibility index (Phi) is 2.17. The molecule has 0 saturated carbocycles. The Labute approximate surface area is 60.2 Å². The average molecular weight is 144 g/mol. The summed E-state index contributed by atoms with van der Waals surface area (Å²) in [6.45, 7) is 0. The third kappa shape index (κ3) is 1.75. The number of aromatic nitrogens is 1. The third-order valence-electron chi connectivity index (χ3n) is 1.28. The number of hydrogen-bond donors (Lipinski definition) is 0. The number of nitrogens with zero attached hydrogens (tertiary/aromatic N) is 1. The lowest BCUT2D eigenvalue weighted by Crippen LogP contribution is -1.82.